The van der Waals surface area contributed by atoms with Gasteiger partial charge in [-0.15, -0.1) is 0 Å². The molecule has 27 heavy (non-hydrogen) atoms. The molecule has 3 N–H and O–H groups in total. The van der Waals surface area contributed by atoms with Crippen LogP contribution in [0.3, 0.4) is 0 Å². The summed E-state index contributed by atoms with van der Waals surface area (Å²) in [5.41, 5.74) is 0. The number of aldehydes is 1. The van der Waals surface area contributed by atoms with Gasteiger partial charge >= 0.3 is 0 Å². The van der Waals surface area contributed by atoms with E-state index in [9.17, 15) is 14.4 Å². The van der Waals surface area contributed by atoms with Crippen molar-refractivity contribution in [2.24, 2.45) is 0 Å². The lowest BCUT2D eigenvalue weighted by Gasteiger charge is -2.13. The predicted octanol–water partition coefficient (Wildman–Crippen LogP) is 3.10. The molecule has 0 rings (SSSR count). The van der Waals surface area contributed by atoms with Gasteiger partial charge in [0.15, 0.2) is 0 Å². The van der Waals surface area contributed by atoms with Crippen molar-refractivity contribution in [1.82, 2.24) is 16.0 Å². The number of carbonyl (C=O) groups is 3. The third-order valence-electron chi connectivity index (χ3n) is 4.62. The summed E-state index contributed by atoms with van der Waals surface area (Å²) in [6, 6.07) is -0.633. The van der Waals surface area contributed by atoms with Crippen LogP contribution in [0.1, 0.15) is 90.9 Å². The molecule has 0 aromatic heterocycles. The Kier molecular flexibility index (Phi) is 18.3. The summed E-state index contributed by atoms with van der Waals surface area (Å²) in [5.74, 6) is -0.556. The minimum absolute atomic E-state index is 0.0315. The fourth-order valence-electron chi connectivity index (χ4n) is 2.95. The summed E-state index contributed by atoms with van der Waals surface area (Å²) in [6.07, 6.45) is 16.4. The van der Waals surface area contributed by atoms with Crippen molar-refractivity contribution >= 4 is 18.1 Å². The van der Waals surface area contributed by atoms with Crippen LogP contribution < -0.4 is 16.0 Å². The molecular weight excluding hydrogens is 342 g/mol. The summed E-state index contributed by atoms with van der Waals surface area (Å²) in [4.78, 5) is 33.5. The number of nitrogens with one attached hydrogen (secondary N) is 3. The van der Waals surface area contributed by atoms with Crippen LogP contribution in [-0.2, 0) is 14.4 Å². The molecule has 0 aliphatic heterocycles. The minimum Gasteiger partial charge on any atom is -0.348 e. The van der Waals surface area contributed by atoms with Crippen LogP contribution in [0.4, 0.5) is 0 Å². The fraction of sp³-hybridized carbons (Fsp3) is 0.857. The van der Waals surface area contributed by atoms with Crippen molar-refractivity contribution in [2.45, 2.75) is 96.9 Å². The Morgan fingerprint density at radius 3 is 1.89 bits per heavy atom. The predicted molar refractivity (Wildman–Crippen MR) is 111 cm³/mol. The van der Waals surface area contributed by atoms with E-state index >= 15 is 0 Å². The van der Waals surface area contributed by atoms with Gasteiger partial charge in [0.05, 0.1) is 13.1 Å². The molecule has 0 unspecified atom stereocenters. The van der Waals surface area contributed by atoms with E-state index in [4.69, 9.17) is 0 Å². The average Bonchev–Trinajstić information content (AvgIpc) is 2.66. The van der Waals surface area contributed by atoms with Crippen LogP contribution in [0.2, 0.25) is 0 Å². The average molecular weight is 384 g/mol. The standard InChI is InChI=1S/C21H41N3O3/c1-3-4-5-6-7-8-9-10-11-12-13-14-15-22-18-20(26)24-19(2)21(27)23-16-17-25/h17,19,22H,3-16,18H2,1-2H3,(H,23,27)(H,24,26)/t19-/m0/s1. The number of amides is 2. The van der Waals surface area contributed by atoms with E-state index in [-0.39, 0.29) is 24.9 Å². The largest absolute Gasteiger partial charge is 0.348 e. The Morgan fingerprint density at radius 2 is 1.37 bits per heavy atom. The van der Waals surface area contributed by atoms with Crippen LogP contribution in [0.5, 0.6) is 0 Å². The van der Waals surface area contributed by atoms with Gasteiger partial charge in [-0.2, -0.15) is 0 Å². The van der Waals surface area contributed by atoms with E-state index in [1.165, 1.54) is 70.6 Å². The van der Waals surface area contributed by atoms with Crippen molar-refractivity contribution < 1.29 is 14.4 Å². The molecule has 6 nitrogen and oxygen atoms in total. The molecule has 0 radical (unpaired) electrons. The number of unbranched alkanes of at least 4 members (excludes halogenated alkanes) is 11. The maximum absolute atomic E-state index is 11.7. The first kappa shape index (κ1) is 25.6. The molecule has 0 aliphatic carbocycles. The van der Waals surface area contributed by atoms with Crippen LogP contribution in [0, 0.1) is 0 Å². The quantitative estimate of drug-likeness (QED) is 0.236. The lowest BCUT2D eigenvalue weighted by molar-refractivity contribution is -0.128. The third kappa shape index (κ3) is 17.7. The summed E-state index contributed by atoms with van der Waals surface area (Å²) in [7, 11) is 0. The van der Waals surface area contributed by atoms with E-state index in [2.05, 4.69) is 22.9 Å². The topological polar surface area (TPSA) is 87.3 Å². The smallest absolute Gasteiger partial charge is 0.242 e. The highest BCUT2D eigenvalue weighted by Gasteiger charge is 2.14. The maximum atomic E-state index is 11.7. The van der Waals surface area contributed by atoms with E-state index in [0.29, 0.717) is 6.29 Å². The number of hydrogen-bond donors (Lipinski definition) is 3. The second-order valence-corrected chi connectivity index (χ2v) is 7.27. The molecule has 0 spiro atoms. The lowest BCUT2D eigenvalue weighted by atomic mass is 10.1. The monoisotopic (exact) mass is 383 g/mol. The molecule has 158 valence electrons. The first-order valence-corrected chi connectivity index (χ1v) is 10.8. The first-order chi connectivity index (χ1) is 13.1. The fourth-order valence-corrected chi connectivity index (χ4v) is 2.95. The van der Waals surface area contributed by atoms with Crippen molar-refractivity contribution in [3.05, 3.63) is 0 Å². The molecule has 0 bridgehead atoms. The van der Waals surface area contributed by atoms with Crippen LogP contribution in [-0.4, -0.2) is 43.8 Å². The van der Waals surface area contributed by atoms with Gasteiger partial charge in [0.2, 0.25) is 11.8 Å². The van der Waals surface area contributed by atoms with Gasteiger partial charge in [-0.05, 0) is 19.9 Å². The molecule has 0 heterocycles. The van der Waals surface area contributed by atoms with Crippen molar-refractivity contribution in [2.75, 3.05) is 19.6 Å². The zero-order chi connectivity index (χ0) is 20.2. The zero-order valence-electron chi connectivity index (χ0n) is 17.5. The lowest BCUT2D eigenvalue weighted by Crippen LogP contribution is -2.47. The number of carbonyl (C=O) groups excluding carboxylic acids is 3. The second kappa shape index (κ2) is 19.3. The van der Waals surface area contributed by atoms with Gasteiger partial charge in [0.1, 0.15) is 12.3 Å². The molecular formula is C21H41N3O3. The normalized spacial score (nSPS) is 11.8. The highest BCUT2D eigenvalue weighted by atomic mass is 16.2. The second-order valence-electron chi connectivity index (χ2n) is 7.27. The molecule has 6 heteroatoms. The van der Waals surface area contributed by atoms with Crippen molar-refractivity contribution in [3.8, 4) is 0 Å². The molecule has 0 saturated heterocycles. The van der Waals surface area contributed by atoms with E-state index < -0.39 is 6.04 Å². The molecule has 0 aromatic rings. The summed E-state index contributed by atoms with van der Waals surface area (Å²) >= 11 is 0. The van der Waals surface area contributed by atoms with E-state index in [0.717, 1.165) is 13.0 Å². The Balaban J connectivity index is 3.35. The minimum atomic E-state index is -0.633. The maximum Gasteiger partial charge on any atom is 0.242 e. The zero-order valence-corrected chi connectivity index (χ0v) is 17.5. The molecule has 1 atom stereocenters. The Morgan fingerprint density at radius 1 is 0.852 bits per heavy atom. The van der Waals surface area contributed by atoms with E-state index in [1.807, 2.05) is 0 Å². The van der Waals surface area contributed by atoms with Gasteiger partial charge in [0, 0.05) is 0 Å². The number of rotatable bonds is 19. The summed E-state index contributed by atoms with van der Waals surface area (Å²) in [6.45, 7) is 4.85. The molecule has 2 amide bonds. The van der Waals surface area contributed by atoms with Crippen molar-refractivity contribution in [3.63, 3.8) is 0 Å². The van der Waals surface area contributed by atoms with Crippen molar-refractivity contribution in [1.29, 1.82) is 0 Å². The molecule has 0 aliphatic rings. The third-order valence-corrected chi connectivity index (χ3v) is 4.62. The molecule has 0 aromatic carbocycles. The highest BCUT2D eigenvalue weighted by Crippen LogP contribution is 2.11. The Bertz CT molecular complexity index is 389. The Hall–Kier alpha value is -1.43. The number of hydrogen-bond acceptors (Lipinski definition) is 4. The van der Waals surface area contributed by atoms with Gasteiger partial charge in [-0.1, -0.05) is 77.6 Å². The van der Waals surface area contributed by atoms with Crippen LogP contribution in [0.25, 0.3) is 0 Å². The highest BCUT2D eigenvalue weighted by molar-refractivity contribution is 5.88. The van der Waals surface area contributed by atoms with Gasteiger partial charge in [-0.25, -0.2) is 0 Å². The van der Waals surface area contributed by atoms with Gasteiger partial charge in [0.25, 0.3) is 0 Å². The van der Waals surface area contributed by atoms with E-state index in [1.54, 1.807) is 6.92 Å². The molecule has 0 saturated carbocycles. The Labute approximate surface area is 165 Å². The SMILES string of the molecule is CCCCCCCCCCCCCCNCC(=O)N[C@@H](C)C(=O)NCC=O. The van der Waals surface area contributed by atoms with Gasteiger partial charge in [-0.3, -0.25) is 9.59 Å². The summed E-state index contributed by atoms with van der Waals surface area (Å²) < 4.78 is 0. The summed E-state index contributed by atoms with van der Waals surface area (Å²) in [5, 5.41) is 8.13. The van der Waals surface area contributed by atoms with Crippen LogP contribution in [0.15, 0.2) is 0 Å². The van der Waals surface area contributed by atoms with Gasteiger partial charge < -0.3 is 20.7 Å². The molecule has 0 fully saturated rings. The first-order valence-electron chi connectivity index (χ1n) is 10.8. The van der Waals surface area contributed by atoms with Crippen LogP contribution >= 0.6 is 0 Å².